The lowest BCUT2D eigenvalue weighted by Crippen LogP contribution is -2.34. The van der Waals surface area contributed by atoms with E-state index in [0.29, 0.717) is 24.7 Å². The van der Waals surface area contributed by atoms with E-state index in [9.17, 15) is 0 Å². The zero-order chi connectivity index (χ0) is 11.8. The largest absolute Gasteiger partial charge is 0.396 e. The summed E-state index contributed by atoms with van der Waals surface area (Å²) in [6.45, 7) is 6.69. The standard InChI is InChI=1S/C13H27NO2/c1-3-12(6-7-15)10-14-11(2)9-13-5-4-8-16-13/h11-15H,3-10H2,1-2H3. The maximum Gasteiger partial charge on any atom is 0.0590 e. The third kappa shape index (κ3) is 5.28. The second-order valence-electron chi connectivity index (χ2n) is 4.97. The first kappa shape index (κ1) is 13.9. The van der Waals surface area contributed by atoms with Crippen molar-refractivity contribution < 1.29 is 9.84 Å². The SMILES string of the molecule is CCC(CCO)CNC(C)CC1CCCO1. The molecule has 0 spiro atoms. The fourth-order valence-electron chi connectivity index (χ4n) is 2.31. The van der Waals surface area contributed by atoms with Crippen LogP contribution in [-0.2, 0) is 4.74 Å². The number of nitrogens with one attached hydrogen (secondary N) is 1. The molecule has 1 saturated heterocycles. The monoisotopic (exact) mass is 229 g/mol. The molecule has 0 aromatic rings. The molecule has 96 valence electrons. The molecular weight excluding hydrogens is 202 g/mol. The average molecular weight is 229 g/mol. The summed E-state index contributed by atoms with van der Waals surface area (Å²) in [5.41, 5.74) is 0. The lowest BCUT2D eigenvalue weighted by Gasteiger charge is -2.21. The molecule has 1 aliphatic rings. The van der Waals surface area contributed by atoms with Gasteiger partial charge in [-0.2, -0.15) is 0 Å². The van der Waals surface area contributed by atoms with E-state index in [1.54, 1.807) is 0 Å². The van der Waals surface area contributed by atoms with Crippen molar-refractivity contribution in [3.63, 3.8) is 0 Å². The number of hydrogen-bond acceptors (Lipinski definition) is 3. The molecule has 0 aliphatic carbocycles. The molecule has 0 saturated carbocycles. The van der Waals surface area contributed by atoms with Gasteiger partial charge in [0.15, 0.2) is 0 Å². The van der Waals surface area contributed by atoms with E-state index in [-0.39, 0.29) is 0 Å². The topological polar surface area (TPSA) is 41.5 Å². The van der Waals surface area contributed by atoms with Crippen LogP contribution in [0.25, 0.3) is 0 Å². The van der Waals surface area contributed by atoms with E-state index < -0.39 is 0 Å². The Balaban J connectivity index is 2.10. The van der Waals surface area contributed by atoms with Crippen molar-refractivity contribution >= 4 is 0 Å². The Morgan fingerprint density at radius 3 is 2.88 bits per heavy atom. The fraction of sp³-hybridized carbons (Fsp3) is 1.00. The second kappa shape index (κ2) is 8.04. The van der Waals surface area contributed by atoms with E-state index in [0.717, 1.165) is 32.4 Å². The van der Waals surface area contributed by atoms with Crippen molar-refractivity contribution in [3.8, 4) is 0 Å². The summed E-state index contributed by atoms with van der Waals surface area (Å²) in [6.07, 6.45) is 6.09. The summed E-state index contributed by atoms with van der Waals surface area (Å²) in [7, 11) is 0. The highest BCUT2D eigenvalue weighted by Crippen LogP contribution is 2.17. The molecule has 0 aromatic heterocycles. The molecule has 3 heteroatoms. The maximum atomic E-state index is 8.92. The number of aliphatic hydroxyl groups is 1. The van der Waals surface area contributed by atoms with Crippen molar-refractivity contribution in [1.82, 2.24) is 5.32 Å². The minimum absolute atomic E-state index is 0.306. The van der Waals surface area contributed by atoms with E-state index in [4.69, 9.17) is 9.84 Å². The Hall–Kier alpha value is -0.120. The van der Waals surface area contributed by atoms with Gasteiger partial charge in [0.05, 0.1) is 6.10 Å². The van der Waals surface area contributed by atoms with Gasteiger partial charge in [-0.15, -0.1) is 0 Å². The van der Waals surface area contributed by atoms with Gasteiger partial charge in [-0.25, -0.2) is 0 Å². The summed E-state index contributed by atoms with van der Waals surface area (Å²) >= 11 is 0. The molecule has 0 amide bonds. The summed E-state index contributed by atoms with van der Waals surface area (Å²) in [5, 5.41) is 12.5. The van der Waals surface area contributed by atoms with Crippen LogP contribution in [0.5, 0.6) is 0 Å². The van der Waals surface area contributed by atoms with Crippen LogP contribution in [0.4, 0.5) is 0 Å². The molecule has 1 fully saturated rings. The Kier molecular flexibility index (Phi) is 7.01. The average Bonchev–Trinajstić information content (AvgIpc) is 2.76. The van der Waals surface area contributed by atoms with Crippen LogP contribution in [0.2, 0.25) is 0 Å². The number of hydrogen-bond donors (Lipinski definition) is 2. The Labute approximate surface area is 99.6 Å². The predicted octanol–water partition coefficient (Wildman–Crippen LogP) is 1.94. The summed E-state index contributed by atoms with van der Waals surface area (Å²) < 4.78 is 5.62. The quantitative estimate of drug-likeness (QED) is 0.668. The maximum absolute atomic E-state index is 8.92. The van der Waals surface area contributed by atoms with Crippen LogP contribution in [0.3, 0.4) is 0 Å². The highest BCUT2D eigenvalue weighted by Gasteiger charge is 2.18. The zero-order valence-corrected chi connectivity index (χ0v) is 10.7. The third-order valence-corrected chi connectivity index (χ3v) is 3.51. The van der Waals surface area contributed by atoms with E-state index >= 15 is 0 Å². The first-order chi connectivity index (χ1) is 7.76. The van der Waals surface area contributed by atoms with Gasteiger partial charge in [0, 0.05) is 19.3 Å². The van der Waals surface area contributed by atoms with Gasteiger partial charge in [0.1, 0.15) is 0 Å². The van der Waals surface area contributed by atoms with Crippen LogP contribution >= 0.6 is 0 Å². The van der Waals surface area contributed by atoms with E-state index in [1.807, 2.05) is 0 Å². The third-order valence-electron chi connectivity index (χ3n) is 3.51. The lowest BCUT2D eigenvalue weighted by molar-refractivity contribution is 0.0956. The van der Waals surface area contributed by atoms with Crippen LogP contribution in [0, 0.1) is 5.92 Å². The number of rotatable bonds is 8. The fourth-order valence-corrected chi connectivity index (χ4v) is 2.31. The van der Waals surface area contributed by atoms with Gasteiger partial charge in [-0.1, -0.05) is 13.3 Å². The van der Waals surface area contributed by atoms with Crippen LogP contribution in [0.15, 0.2) is 0 Å². The van der Waals surface area contributed by atoms with Gasteiger partial charge in [0.25, 0.3) is 0 Å². The number of ether oxygens (including phenoxy) is 1. The minimum atomic E-state index is 0.306. The van der Waals surface area contributed by atoms with Gasteiger partial charge < -0.3 is 15.2 Å². The molecule has 1 aliphatic heterocycles. The molecule has 3 unspecified atom stereocenters. The molecule has 16 heavy (non-hydrogen) atoms. The number of aliphatic hydroxyl groups excluding tert-OH is 1. The Morgan fingerprint density at radius 2 is 2.31 bits per heavy atom. The summed E-state index contributed by atoms with van der Waals surface area (Å²) in [5.74, 6) is 0.608. The van der Waals surface area contributed by atoms with Crippen molar-refractivity contribution in [2.24, 2.45) is 5.92 Å². The smallest absolute Gasteiger partial charge is 0.0590 e. The Bertz CT molecular complexity index is 169. The molecule has 0 bridgehead atoms. The second-order valence-corrected chi connectivity index (χ2v) is 4.97. The highest BCUT2D eigenvalue weighted by atomic mass is 16.5. The first-order valence-electron chi connectivity index (χ1n) is 6.72. The van der Waals surface area contributed by atoms with Crippen molar-refractivity contribution in [2.75, 3.05) is 19.8 Å². The van der Waals surface area contributed by atoms with Crippen molar-refractivity contribution in [1.29, 1.82) is 0 Å². The van der Waals surface area contributed by atoms with E-state index in [2.05, 4.69) is 19.2 Å². The van der Waals surface area contributed by atoms with Crippen LogP contribution < -0.4 is 5.32 Å². The van der Waals surface area contributed by atoms with Crippen molar-refractivity contribution in [2.45, 2.75) is 58.1 Å². The molecule has 1 heterocycles. The molecule has 2 N–H and O–H groups in total. The molecule has 3 atom stereocenters. The molecule has 0 aromatic carbocycles. The van der Waals surface area contributed by atoms with Gasteiger partial charge in [0.2, 0.25) is 0 Å². The van der Waals surface area contributed by atoms with Crippen molar-refractivity contribution in [3.05, 3.63) is 0 Å². The van der Waals surface area contributed by atoms with E-state index in [1.165, 1.54) is 12.8 Å². The van der Waals surface area contributed by atoms with Crippen LogP contribution in [0.1, 0.15) is 46.0 Å². The highest BCUT2D eigenvalue weighted by molar-refractivity contribution is 4.73. The molecular formula is C13H27NO2. The van der Waals surface area contributed by atoms with Gasteiger partial charge in [-0.3, -0.25) is 0 Å². The lowest BCUT2D eigenvalue weighted by atomic mass is 10.0. The van der Waals surface area contributed by atoms with Crippen LogP contribution in [-0.4, -0.2) is 37.0 Å². The minimum Gasteiger partial charge on any atom is -0.396 e. The Morgan fingerprint density at radius 1 is 1.50 bits per heavy atom. The zero-order valence-electron chi connectivity index (χ0n) is 10.7. The summed E-state index contributed by atoms with van der Waals surface area (Å²) in [6, 6.07) is 0.524. The first-order valence-corrected chi connectivity index (χ1v) is 6.72. The summed E-state index contributed by atoms with van der Waals surface area (Å²) in [4.78, 5) is 0. The molecule has 1 rings (SSSR count). The molecule has 3 nitrogen and oxygen atoms in total. The van der Waals surface area contributed by atoms with Gasteiger partial charge >= 0.3 is 0 Å². The normalized spacial score (nSPS) is 24.6. The van der Waals surface area contributed by atoms with Gasteiger partial charge in [-0.05, 0) is 45.1 Å². The predicted molar refractivity (Wildman–Crippen MR) is 66.5 cm³/mol. The molecule has 0 radical (unpaired) electrons.